The van der Waals surface area contributed by atoms with Gasteiger partial charge in [-0.05, 0) is 123 Å². The van der Waals surface area contributed by atoms with Gasteiger partial charge in [0.1, 0.15) is 0 Å². The summed E-state index contributed by atoms with van der Waals surface area (Å²) in [5.74, 6) is 7.00. The molecule has 8 rings (SSSR count). The smallest absolute Gasteiger partial charge is 0.0258 e. The van der Waals surface area contributed by atoms with Gasteiger partial charge in [-0.25, -0.2) is 0 Å². The molecule has 8 aliphatic carbocycles. The Kier molecular flexibility index (Phi) is 2.02. The molecule has 0 heteroatoms. The lowest BCUT2D eigenvalue weighted by atomic mass is 9.46. The van der Waals surface area contributed by atoms with Crippen molar-refractivity contribution in [2.75, 3.05) is 0 Å². The minimum absolute atomic E-state index is 0.855. The lowest BCUT2D eigenvalue weighted by molar-refractivity contribution is -0.0832. The van der Waals surface area contributed by atoms with E-state index in [0.29, 0.717) is 0 Å². The zero-order chi connectivity index (χ0) is 12.9. The van der Waals surface area contributed by atoms with Gasteiger partial charge in [0.05, 0.1) is 0 Å². The van der Waals surface area contributed by atoms with Gasteiger partial charge in [-0.3, -0.25) is 0 Å². The highest BCUT2D eigenvalue weighted by molar-refractivity contribution is 5.12. The third kappa shape index (κ3) is 1.40. The molecule has 0 aromatic rings. The van der Waals surface area contributed by atoms with E-state index in [9.17, 15) is 0 Å². The van der Waals surface area contributed by atoms with Gasteiger partial charge in [0.15, 0.2) is 0 Å². The molecular weight excluding hydrogens is 240 g/mol. The van der Waals surface area contributed by atoms with Gasteiger partial charge >= 0.3 is 0 Å². The summed E-state index contributed by atoms with van der Waals surface area (Å²) in [6.07, 6.45) is 19.8. The Hall–Kier alpha value is 0. The molecular formula is C20H30. The zero-order valence-electron chi connectivity index (χ0n) is 12.9. The van der Waals surface area contributed by atoms with Crippen LogP contribution in [0.5, 0.6) is 0 Å². The molecule has 4 atom stereocenters. The van der Waals surface area contributed by atoms with Crippen LogP contribution in [0, 0.1) is 46.3 Å². The molecule has 8 saturated carbocycles. The van der Waals surface area contributed by atoms with E-state index in [2.05, 4.69) is 0 Å². The summed E-state index contributed by atoms with van der Waals surface area (Å²) >= 11 is 0. The SMILES string of the molecule is C1C2CC3CC1CC(CC14C[C@@H]5CC1C[C@@H](C5)C4)(C2)C3. The van der Waals surface area contributed by atoms with Crippen LogP contribution in [0.4, 0.5) is 0 Å². The van der Waals surface area contributed by atoms with Crippen molar-refractivity contribution in [2.45, 2.75) is 77.0 Å². The molecule has 0 spiro atoms. The van der Waals surface area contributed by atoms with Crippen LogP contribution in [0.15, 0.2) is 0 Å². The van der Waals surface area contributed by atoms with Crippen molar-refractivity contribution in [1.82, 2.24) is 0 Å². The second-order valence-corrected chi connectivity index (χ2v) is 10.5. The van der Waals surface area contributed by atoms with Crippen molar-refractivity contribution in [3.63, 3.8) is 0 Å². The van der Waals surface area contributed by atoms with Crippen LogP contribution in [-0.2, 0) is 0 Å². The number of rotatable bonds is 2. The lowest BCUT2D eigenvalue weighted by Crippen LogP contribution is -2.48. The molecule has 110 valence electrons. The van der Waals surface area contributed by atoms with Gasteiger partial charge in [-0.15, -0.1) is 0 Å². The summed E-state index contributed by atoms with van der Waals surface area (Å²) in [6.45, 7) is 0. The normalized spacial score (nSPS) is 65.4. The topological polar surface area (TPSA) is 0 Å². The standard InChI is InChI=1S/C20H30/c1-13-2-15-3-14(1)8-19(7-13,9-15)12-20-10-16-4-17(11-20)6-18(20)5-16/h13-18H,1-12H2/t13?,14?,15?,16-,17+,18?,19?,20?. The van der Waals surface area contributed by atoms with E-state index in [4.69, 9.17) is 0 Å². The van der Waals surface area contributed by atoms with Gasteiger partial charge in [-0.2, -0.15) is 0 Å². The third-order valence-electron chi connectivity index (χ3n) is 9.05. The van der Waals surface area contributed by atoms with Crippen molar-refractivity contribution >= 4 is 0 Å². The van der Waals surface area contributed by atoms with Gasteiger partial charge in [0.2, 0.25) is 0 Å². The monoisotopic (exact) mass is 270 g/mol. The van der Waals surface area contributed by atoms with Crippen molar-refractivity contribution < 1.29 is 0 Å². The van der Waals surface area contributed by atoms with Crippen LogP contribution >= 0.6 is 0 Å². The molecule has 0 heterocycles. The van der Waals surface area contributed by atoms with E-state index in [1.165, 1.54) is 17.8 Å². The van der Waals surface area contributed by atoms with E-state index < -0.39 is 0 Å². The largest absolute Gasteiger partial charge is 0.0475 e. The fraction of sp³-hybridized carbons (Fsp3) is 1.00. The molecule has 8 aliphatic rings. The first kappa shape index (κ1) is 11.6. The lowest BCUT2D eigenvalue weighted by Gasteiger charge is -2.59. The molecule has 0 N–H and O–H groups in total. The quantitative estimate of drug-likeness (QED) is 0.628. The molecule has 2 unspecified atom stereocenters. The summed E-state index contributed by atoms with van der Waals surface area (Å²) < 4.78 is 0. The first-order valence-corrected chi connectivity index (χ1v) is 9.70. The molecule has 8 fully saturated rings. The maximum Gasteiger partial charge on any atom is -0.0258 e. The summed E-state index contributed by atoms with van der Waals surface area (Å²) in [7, 11) is 0. The Morgan fingerprint density at radius 2 is 1.00 bits per heavy atom. The Balaban J connectivity index is 1.33. The maximum absolute atomic E-state index is 1.70. The van der Waals surface area contributed by atoms with Crippen LogP contribution in [0.2, 0.25) is 0 Å². The van der Waals surface area contributed by atoms with Gasteiger partial charge in [0.25, 0.3) is 0 Å². The Morgan fingerprint density at radius 1 is 0.550 bits per heavy atom. The first-order valence-electron chi connectivity index (χ1n) is 9.70. The minimum Gasteiger partial charge on any atom is -0.0475 e. The molecule has 0 aromatic carbocycles. The van der Waals surface area contributed by atoms with Crippen LogP contribution in [0.3, 0.4) is 0 Å². The molecule has 8 bridgehead atoms. The highest BCUT2D eigenvalue weighted by Gasteiger charge is 2.61. The van der Waals surface area contributed by atoms with Crippen LogP contribution in [0.25, 0.3) is 0 Å². The number of hydrogen-bond acceptors (Lipinski definition) is 0. The van der Waals surface area contributed by atoms with Gasteiger partial charge in [-0.1, -0.05) is 0 Å². The summed E-state index contributed by atoms with van der Waals surface area (Å²) in [6, 6.07) is 0. The maximum atomic E-state index is 1.70. The zero-order valence-corrected chi connectivity index (χ0v) is 12.9. The van der Waals surface area contributed by atoms with E-state index in [1.54, 1.807) is 77.0 Å². The molecule has 0 aliphatic heterocycles. The molecule has 20 heavy (non-hydrogen) atoms. The average Bonchev–Trinajstić information content (AvgIpc) is 2.70. The van der Waals surface area contributed by atoms with Crippen molar-refractivity contribution in [2.24, 2.45) is 46.3 Å². The Labute approximate surface area is 124 Å². The van der Waals surface area contributed by atoms with Crippen molar-refractivity contribution in [1.29, 1.82) is 0 Å². The summed E-state index contributed by atoms with van der Waals surface area (Å²) in [5, 5.41) is 0. The Bertz CT molecular complexity index is 398. The van der Waals surface area contributed by atoms with Crippen LogP contribution in [0.1, 0.15) is 77.0 Å². The molecule has 0 nitrogen and oxygen atoms in total. The van der Waals surface area contributed by atoms with Crippen LogP contribution in [-0.4, -0.2) is 0 Å². The fourth-order valence-corrected chi connectivity index (χ4v) is 9.51. The second kappa shape index (κ2) is 3.49. The highest BCUT2D eigenvalue weighted by atomic mass is 14.7. The van der Waals surface area contributed by atoms with E-state index >= 15 is 0 Å². The van der Waals surface area contributed by atoms with Crippen molar-refractivity contribution in [3.05, 3.63) is 0 Å². The predicted octanol–water partition coefficient (Wildman–Crippen LogP) is 5.42. The average molecular weight is 270 g/mol. The highest BCUT2D eigenvalue weighted by Crippen LogP contribution is 2.72. The van der Waals surface area contributed by atoms with Gasteiger partial charge in [0, 0.05) is 0 Å². The summed E-state index contributed by atoms with van der Waals surface area (Å²) in [4.78, 5) is 0. The van der Waals surface area contributed by atoms with E-state index in [1.807, 2.05) is 0 Å². The molecule has 0 saturated heterocycles. The Morgan fingerprint density at radius 3 is 1.50 bits per heavy atom. The van der Waals surface area contributed by atoms with Gasteiger partial charge < -0.3 is 0 Å². The van der Waals surface area contributed by atoms with E-state index in [-0.39, 0.29) is 0 Å². The molecule has 0 aromatic heterocycles. The van der Waals surface area contributed by atoms with Crippen molar-refractivity contribution in [3.8, 4) is 0 Å². The third-order valence-corrected chi connectivity index (χ3v) is 9.05. The second-order valence-electron chi connectivity index (χ2n) is 10.5. The van der Waals surface area contributed by atoms with Crippen LogP contribution < -0.4 is 0 Å². The van der Waals surface area contributed by atoms with E-state index in [0.717, 1.165) is 28.6 Å². The number of hydrogen-bond donors (Lipinski definition) is 0. The molecule has 0 radical (unpaired) electrons. The predicted molar refractivity (Wildman–Crippen MR) is 81.2 cm³/mol. The fourth-order valence-electron chi connectivity index (χ4n) is 9.51. The summed E-state index contributed by atoms with van der Waals surface area (Å²) in [5.41, 5.74) is 1.73. The molecule has 0 amide bonds. The minimum atomic E-state index is 0.855. The first-order chi connectivity index (χ1) is 9.70.